The van der Waals surface area contributed by atoms with E-state index in [9.17, 15) is 4.79 Å². The van der Waals surface area contributed by atoms with E-state index < -0.39 is 0 Å². The van der Waals surface area contributed by atoms with Crippen LogP contribution in [-0.2, 0) is 9.53 Å². The predicted molar refractivity (Wildman–Crippen MR) is 80.1 cm³/mol. The summed E-state index contributed by atoms with van der Waals surface area (Å²) in [5, 5.41) is 2.36. The molecule has 0 bridgehead atoms. The topological polar surface area (TPSA) is 41.6 Å². The third-order valence-electron chi connectivity index (χ3n) is 4.73. The molecule has 0 aromatic carbocycles. The fraction of sp³-hybridized carbons (Fsp3) is 0.812. The fourth-order valence-electron chi connectivity index (χ4n) is 3.40. The van der Waals surface area contributed by atoms with Crippen molar-refractivity contribution in [3.63, 3.8) is 0 Å². The lowest BCUT2D eigenvalue weighted by atomic mass is 9.87. The zero-order valence-electron chi connectivity index (χ0n) is 12.6. The van der Waals surface area contributed by atoms with E-state index in [0.29, 0.717) is 6.04 Å². The van der Waals surface area contributed by atoms with Crippen LogP contribution in [0.2, 0.25) is 0 Å². The average molecular weight is 280 g/mol. The monoisotopic (exact) mass is 280 g/mol. The van der Waals surface area contributed by atoms with Crippen molar-refractivity contribution >= 4 is 5.97 Å². The van der Waals surface area contributed by atoms with E-state index >= 15 is 0 Å². The summed E-state index contributed by atoms with van der Waals surface area (Å²) in [5.41, 5.74) is 3.49. The molecule has 4 heteroatoms. The number of esters is 1. The Hall–Kier alpha value is -0.870. The van der Waals surface area contributed by atoms with Crippen molar-refractivity contribution in [3.05, 3.63) is 12.7 Å². The molecule has 0 aromatic rings. The van der Waals surface area contributed by atoms with Crippen LogP contribution in [0, 0.1) is 5.92 Å². The van der Waals surface area contributed by atoms with E-state index in [1.807, 2.05) is 6.08 Å². The molecule has 0 spiro atoms. The Kier molecular flexibility index (Phi) is 6.05. The van der Waals surface area contributed by atoms with Gasteiger partial charge in [-0.25, -0.2) is 5.01 Å². The lowest BCUT2D eigenvalue weighted by Crippen LogP contribution is -2.57. The first-order valence-corrected chi connectivity index (χ1v) is 7.98. The van der Waals surface area contributed by atoms with Crippen LogP contribution >= 0.6 is 0 Å². The second kappa shape index (κ2) is 7.79. The Morgan fingerprint density at radius 1 is 1.25 bits per heavy atom. The van der Waals surface area contributed by atoms with Gasteiger partial charge in [-0.1, -0.05) is 31.8 Å². The van der Waals surface area contributed by atoms with Crippen molar-refractivity contribution in [2.75, 3.05) is 13.7 Å². The number of carbonyl (C=O) groups excluding carboxylic acids is 1. The lowest BCUT2D eigenvalue weighted by molar-refractivity contribution is -0.150. The van der Waals surface area contributed by atoms with Crippen LogP contribution in [-0.4, -0.2) is 36.7 Å². The molecular formula is C16H28N2O2. The summed E-state index contributed by atoms with van der Waals surface area (Å²) in [6, 6.07) is 0.848. The molecule has 2 aliphatic rings. The molecule has 20 heavy (non-hydrogen) atoms. The van der Waals surface area contributed by atoms with Crippen molar-refractivity contribution in [2.24, 2.45) is 5.92 Å². The molecule has 2 unspecified atom stereocenters. The van der Waals surface area contributed by atoms with Crippen molar-refractivity contribution in [2.45, 2.75) is 63.5 Å². The van der Waals surface area contributed by atoms with Gasteiger partial charge in [0.25, 0.3) is 0 Å². The van der Waals surface area contributed by atoms with Crippen molar-refractivity contribution in [3.8, 4) is 0 Å². The Morgan fingerprint density at radius 2 is 2.00 bits per heavy atom. The van der Waals surface area contributed by atoms with Gasteiger partial charge in [-0.2, -0.15) is 0 Å². The molecule has 2 rings (SSSR count). The molecule has 0 radical (unpaired) electrons. The smallest absolute Gasteiger partial charge is 0.310 e. The van der Waals surface area contributed by atoms with Gasteiger partial charge in [0.15, 0.2) is 0 Å². The Morgan fingerprint density at radius 3 is 2.60 bits per heavy atom. The number of nitrogens with zero attached hydrogens (tertiary/aromatic N) is 1. The van der Waals surface area contributed by atoms with E-state index in [0.717, 1.165) is 25.8 Å². The molecule has 2 aliphatic carbocycles. The maximum absolute atomic E-state index is 12.1. The van der Waals surface area contributed by atoms with Gasteiger partial charge >= 0.3 is 5.97 Å². The highest BCUT2D eigenvalue weighted by Gasteiger charge is 2.38. The first kappa shape index (κ1) is 15.5. The van der Waals surface area contributed by atoms with Crippen LogP contribution in [0.15, 0.2) is 12.7 Å². The quantitative estimate of drug-likeness (QED) is 0.351. The minimum absolute atomic E-state index is 0.0143. The molecule has 0 aliphatic heterocycles. The van der Waals surface area contributed by atoms with Crippen LogP contribution < -0.4 is 5.43 Å². The summed E-state index contributed by atoms with van der Waals surface area (Å²) in [7, 11) is 1.51. The highest BCUT2D eigenvalue weighted by molar-refractivity contribution is 5.73. The minimum Gasteiger partial charge on any atom is -0.469 e. The summed E-state index contributed by atoms with van der Waals surface area (Å²) < 4.78 is 5.05. The first-order valence-electron chi connectivity index (χ1n) is 7.98. The fourth-order valence-corrected chi connectivity index (χ4v) is 3.40. The predicted octanol–water partition coefficient (Wildman–Crippen LogP) is 2.65. The van der Waals surface area contributed by atoms with Crippen LogP contribution in [0.25, 0.3) is 0 Å². The molecule has 0 heterocycles. The van der Waals surface area contributed by atoms with Gasteiger partial charge in [0.2, 0.25) is 0 Å². The lowest BCUT2D eigenvalue weighted by Gasteiger charge is -2.44. The first-order chi connectivity index (χ1) is 9.77. The van der Waals surface area contributed by atoms with Crippen LogP contribution in [0.1, 0.15) is 51.4 Å². The number of rotatable bonds is 6. The summed E-state index contributed by atoms with van der Waals surface area (Å²) in [6.45, 7) is 4.55. The van der Waals surface area contributed by atoms with Crippen LogP contribution in [0.4, 0.5) is 0 Å². The van der Waals surface area contributed by atoms with Gasteiger partial charge in [0.05, 0.1) is 13.0 Å². The van der Waals surface area contributed by atoms with Gasteiger partial charge in [-0.15, -0.1) is 6.58 Å². The number of carbonyl (C=O) groups is 1. The number of hydrogen-bond donors (Lipinski definition) is 1. The Balaban J connectivity index is 2.11. The molecule has 2 saturated carbocycles. The number of hydrogen-bond acceptors (Lipinski definition) is 4. The second-order valence-electron chi connectivity index (χ2n) is 5.98. The van der Waals surface area contributed by atoms with E-state index in [-0.39, 0.29) is 17.9 Å². The Bertz CT molecular complexity index is 328. The molecule has 114 valence electrons. The third-order valence-corrected chi connectivity index (χ3v) is 4.73. The SMILES string of the molecule is C=CCNN(C1CCC1)C1CCCCCC1C(=O)OC. The normalized spacial score (nSPS) is 27.7. The highest BCUT2D eigenvalue weighted by Crippen LogP contribution is 2.33. The minimum atomic E-state index is -0.0402. The molecule has 0 aromatic heterocycles. The van der Waals surface area contributed by atoms with Gasteiger partial charge in [-0.3, -0.25) is 10.2 Å². The van der Waals surface area contributed by atoms with Crippen LogP contribution in [0.3, 0.4) is 0 Å². The van der Waals surface area contributed by atoms with E-state index in [1.165, 1.54) is 39.2 Å². The maximum Gasteiger partial charge on any atom is 0.310 e. The average Bonchev–Trinajstić information content (AvgIpc) is 2.65. The third kappa shape index (κ3) is 3.61. The summed E-state index contributed by atoms with van der Waals surface area (Å²) in [6.07, 6.45) is 11.2. The second-order valence-corrected chi connectivity index (χ2v) is 5.98. The molecule has 0 saturated heterocycles. The summed E-state index contributed by atoms with van der Waals surface area (Å²) in [4.78, 5) is 12.1. The van der Waals surface area contributed by atoms with Crippen LogP contribution in [0.5, 0.6) is 0 Å². The summed E-state index contributed by atoms with van der Waals surface area (Å²) >= 11 is 0. The number of methoxy groups -OCH3 is 1. The number of hydrazine groups is 1. The highest BCUT2D eigenvalue weighted by atomic mass is 16.5. The standard InChI is InChI=1S/C16H28N2O2/c1-3-12-17-18(13-8-7-9-13)15-11-6-4-5-10-14(15)16(19)20-2/h3,13-15,17H,1,4-12H2,2H3. The van der Waals surface area contributed by atoms with E-state index in [1.54, 1.807) is 0 Å². The van der Waals surface area contributed by atoms with Crippen molar-refractivity contribution in [1.29, 1.82) is 0 Å². The molecule has 1 N–H and O–H groups in total. The zero-order chi connectivity index (χ0) is 14.4. The van der Waals surface area contributed by atoms with Gasteiger partial charge in [0.1, 0.15) is 0 Å². The molecule has 2 atom stereocenters. The van der Waals surface area contributed by atoms with Gasteiger partial charge in [0, 0.05) is 18.6 Å². The van der Waals surface area contributed by atoms with E-state index in [4.69, 9.17) is 4.74 Å². The maximum atomic E-state index is 12.1. The zero-order valence-corrected chi connectivity index (χ0v) is 12.6. The molecule has 2 fully saturated rings. The van der Waals surface area contributed by atoms with Gasteiger partial charge in [-0.05, 0) is 25.7 Å². The largest absolute Gasteiger partial charge is 0.469 e. The number of nitrogens with one attached hydrogen (secondary N) is 1. The van der Waals surface area contributed by atoms with E-state index in [2.05, 4.69) is 17.0 Å². The molecular weight excluding hydrogens is 252 g/mol. The summed E-state index contributed by atoms with van der Waals surface area (Å²) in [5.74, 6) is -0.0259. The molecule has 4 nitrogen and oxygen atoms in total. The molecule has 0 amide bonds. The van der Waals surface area contributed by atoms with Gasteiger partial charge < -0.3 is 4.74 Å². The van der Waals surface area contributed by atoms with Crippen molar-refractivity contribution in [1.82, 2.24) is 10.4 Å². The number of ether oxygens (including phenoxy) is 1. The van der Waals surface area contributed by atoms with Crippen molar-refractivity contribution < 1.29 is 9.53 Å². The Labute approximate surface area is 122 Å².